The van der Waals surface area contributed by atoms with Crippen molar-refractivity contribution in [1.29, 1.82) is 0 Å². The zero-order valence-corrected chi connectivity index (χ0v) is 21.2. The minimum Gasteiger partial charge on any atom is -0.479 e. The molecule has 0 aromatic heterocycles. The van der Waals surface area contributed by atoms with Gasteiger partial charge >= 0.3 is 18.0 Å². The number of carboxylic acids is 2. The number of carbonyl (C=O) groups is 3. The van der Waals surface area contributed by atoms with Gasteiger partial charge in [-0.15, -0.1) is 0 Å². The average Bonchev–Trinajstić information content (AvgIpc) is 3.28. The molecule has 2 heterocycles. The van der Waals surface area contributed by atoms with E-state index >= 15 is 0 Å². The predicted octanol–water partition coefficient (Wildman–Crippen LogP) is 2.11. The molecule has 0 spiro atoms. The maximum Gasteiger partial charge on any atom is 0.417 e. The van der Waals surface area contributed by atoms with E-state index in [1.54, 1.807) is 0 Å². The Morgan fingerprint density at radius 1 is 1.08 bits per heavy atom. The van der Waals surface area contributed by atoms with Crippen LogP contribution in [0.3, 0.4) is 0 Å². The minimum absolute atomic E-state index is 0.0590. The predicted molar refractivity (Wildman–Crippen MR) is 136 cm³/mol. The van der Waals surface area contributed by atoms with E-state index in [1.807, 2.05) is 36.4 Å². The molecule has 2 aromatic carbocycles. The molecule has 200 valence electrons. The molecule has 5 N–H and O–H groups in total. The molecule has 2 unspecified atom stereocenters. The van der Waals surface area contributed by atoms with Crippen molar-refractivity contribution in [2.24, 2.45) is 0 Å². The van der Waals surface area contributed by atoms with E-state index in [-0.39, 0.29) is 5.41 Å². The van der Waals surface area contributed by atoms with Crippen LogP contribution in [0.25, 0.3) is 0 Å². The first kappa shape index (κ1) is 27.9. The Labute approximate surface area is 214 Å². The highest BCUT2D eigenvalue weighted by Gasteiger charge is 2.52. The number of aliphatic carboxylic acids is 2. The Balaban J connectivity index is 0.000000325. The highest BCUT2D eigenvalue weighted by molar-refractivity contribution is 5.87. The van der Waals surface area contributed by atoms with Crippen LogP contribution < -0.4 is 15.0 Å². The fraction of sp³-hybridized carbons (Fsp3) is 0.423. The van der Waals surface area contributed by atoms with Gasteiger partial charge in [0.05, 0.1) is 6.17 Å². The number of carbonyl (C=O) groups excluding carboxylic acids is 1. The number of hydrogen-bond donors (Lipinski definition) is 5. The van der Waals surface area contributed by atoms with Crippen LogP contribution >= 0.6 is 0 Å². The fourth-order valence-electron chi connectivity index (χ4n) is 5.08. The van der Waals surface area contributed by atoms with Crippen LogP contribution in [-0.4, -0.2) is 82.4 Å². The van der Waals surface area contributed by atoms with Crippen molar-refractivity contribution in [2.75, 3.05) is 30.9 Å². The van der Waals surface area contributed by atoms with Crippen molar-refractivity contribution in [3.8, 4) is 5.75 Å². The number of fused-ring (bicyclic) bond motifs is 3. The topological polar surface area (TPSA) is 160 Å². The normalized spacial score (nSPS) is 21.7. The van der Waals surface area contributed by atoms with Crippen molar-refractivity contribution >= 4 is 29.4 Å². The number of nitrogens with zero attached hydrogens (tertiary/aromatic N) is 2. The monoisotopic (exact) mass is 515 g/mol. The number of ether oxygens (including phenoxy) is 1. The number of carboxylic acid groups (broad SMARTS) is 2. The number of nitrogens with one attached hydrogen (secondary N) is 1. The summed E-state index contributed by atoms with van der Waals surface area (Å²) in [6, 6.07) is 13.8. The second-order valence-electron chi connectivity index (χ2n) is 9.40. The lowest BCUT2D eigenvalue weighted by atomic mass is 9.81. The molecule has 2 aliphatic rings. The second-order valence-corrected chi connectivity index (χ2v) is 9.40. The molecule has 0 radical (unpaired) electrons. The Kier molecular flexibility index (Phi) is 8.42. The molecule has 1 saturated heterocycles. The first-order valence-corrected chi connectivity index (χ1v) is 11.9. The van der Waals surface area contributed by atoms with Gasteiger partial charge in [0.25, 0.3) is 0 Å². The van der Waals surface area contributed by atoms with Crippen LogP contribution in [0, 0.1) is 0 Å². The molecule has 0 saturated carbocycles. The summed E-state index contributed by atoms with van der Waals surface area (Å²) in [4.78, 5) is 36.7. The van der Waals surface area contributed by atoms with Crippen molar-refractivity contribution in [3.05, 3.63) is 53.6 Å². The number of hydrogen-bond acceptors (Lipinski definition) is 8. The van der Waals surface area contributed by atoms with Gasteiger partial charge < -0.3 is 30.1 Å². The summed E-state index contributed by atoms with van der Waals surface area (Å²) < 4.78 is 5.62. The smallest absolute Gasteiger partial charge is 0.417 e. The third-order valence-corrected chi connectivity index (χ3v) is 6.95. The van der Waals surface area contributed by atoms with E-state index in [0.717, 1.165) is 30.6 Å². The maximum atomic E-state index is 12.4. The molecular weight excluding hydrogens is 482 g/mol. The van der Waals surface area contributed by atoms with E-state index in [2.05, 4.69) is 49.1 Å². The van der Waals surface area contributed by atoms with Gasteiger partial charge in [0.15, 0.2) is 12.2 Å². The maximum absolute atomic E-state index is 12.4. The lowest BCUT2D eigenvalue weighted by molar-refractivity contribution is -0.165. The summed E-state index contributed by atoms with van der Waals surface area (Å²) in [6.07, 6.45) is -2.67. The van der Waals surface area contributed by atoms with Gasteiger partial charge in [0.1, 0.15) is 5.75 Å². The molecule has 4 rings (SSSR count). The number of aliphatic hydroxyl groups is 2. The highest BCUT2D eigenvalue weighted by atomic mass is 16.6. The molecule has 2 aromatic rings. The molecule has 1 amide bonds. The van der Waals surface area contributed by atoms with Crippen LogP contribution in [0.4, 0.5) is 16.2 Å². The van der Waals surface area contributed by atoms with E-state index in [1.165, 1.54) is 11.3 Å². The third-order valence-electron chi connectivity index (χ3n) is 6.95. The van der Waals surface area contributed by atoms with Gasteiger partial charge in [-0.3, -0.25) is 10.2 Å². The summed E-state index contributed by atoms with van der Waals surface area (Å²) in [7, 11) is 4.32. The number of likely N-dealkylation sites (N-methyl/N-ethyl adjacent to an activating group) is 2. The van der Waals surface area contributed by atoms with E-state index < -0.39 is 30.2 Å². The molecule has 1 fully saturated rings. The number of likely N-dealkylation sites (tertiary alicyclic amines) is 1. The van der Waals surface area contributed by atoms with Crippen LogP contribution in [-0.2, 0) is 21.4 Å². The Bertz CT molecular complexity index is 1150. The zero-order valence-electron chi connectivity index (χ0n) is 21.2. The van der Waals surface area contributed by atoms with Crippen molar-refractivity contribution in [2.45, 2.75) is 50.5 Å². The SMILES string of the molecule is CCc1ccccc1NC(=O)Oc1ccc2c(c1)[C@]1(C)CCN(C)[C@@H]1N2C.O=C(O)C(O)C(O)C(=O)O. The van der Waals surface area contributed by atoms with Gasteiger partial charge in [-0.25, -0.2) is 14.4 Å². The average molecular weight is 516 g/mol. The number of amides is 1. The van der Waals surface area contributed by atoms with E-state index in [0.29, 0.717) is 11.9 Å². The number of anilines is 2. The third kappa shape index (κ3) is 5.68. The molecular formula is C26H33N3O8. The number of rotatable bonds is 6. The lowest BCUT2D eigenvalue weighted by Crippen LogP contribution is -2.45. The number of aryl methyl sites for hydroxylation is 1. The van der Waals surface area contributed by atoms with Crippen molar-refractivity contribution < 1.29 is 39.5 Å². The molecule has 0 aliphatic carbocycles. The second kappa shape index (κ2) is 11.2. The van der Waals surface area contributed by atoms with Crippen molar-refractivity contribution in [1.82, 2.24) is 4.90 Å². The molecule has 2 aliphatic heterocycles. The molecule has 4 atom stereocenters. The summed E-state index contributed by atoms with van der Waals surface area (Å²) >= 11 is 0. The Hall–Kier alpha value is -3.67. The van der Waals surface area contributed by atoms with Crippen LogP contribution in [0.1, 0.15) is 31.4 Å². The van der Waals surface area contributed by atoms with Crippen molar-refractivity contribution in [3.63, 3.8) is 0 Å². The van der Waals surface area contributed by atoms with Gasteiger partial charge in [-0.2, -0.15) is 0 Å². The van der Waals surface area contributed by atoms with E-state index in [9.17, 15) is 14.4 Å². The van der Waals surface area contributed by atoms with Gasteiger partial charge in [-0.1, -0.05) is 32.0 Å². The first-order chi connectivity index (χ1) is 17.4. The van der Waals surface area contributed by atoms with Gasteiger partial charge in [-0.05, 0) is 55.3 Å². The molecule has 0 bridgehead atoms. The lowest BCUT2D eigenvalue weighted by Gasteiger charge is -2.32. The molecule has 11 nitrogen and oxygen atoms in total. The molecule has 11 heteroatoms. The molecule has 37 heavy (non-hydrogen) atoms. The van der Waals surface area contributed by atoms with Crippen LogP contribution in [0.2, 0.25) is 0 Å². The van der Waals surface area contributed by atoms with Gasteiger partial charge in [0, 0.05) is 30.4 Å². The number of para-hydroxylation sites is 1. The summed E-state index contributed by atoms with van der Waals surface area (Å²) in [5.41, 5.74) is 4.44. The Morgan fingerprint density at radius 2 is 1.70 bits per heavy atom. The first-order valence-electron chi connectivity index (χ1n) is 11.9. The summed E-state index contributed by atoms with van der Waals surface area (Å²) in [6.45, 7) is 5.45. The number of aliphatic hydroxyl groups excluding tert-OH is 2. The standard InChI is InChI=1S/C22H27N3O2.C4H6O6/c1-5-15-8-6-7-9-18(15)23-21(26)27-16-10-11-19-17(14-16)22(2)12-13-24(3)20(22)25(19)4;5-1(3(7)8)2(6)4(9)10/h6-11,14,20H,5,12-13H2,1-4H3,(H,23,26);1-2,5-6H,(H,7,8)(H,9,10)/t20-,22+;/m1./s1. The Morgan fingerprint density at radius 3 is 2.30 bits per heavy atom. The van der Waals surface area contributed by atoms with Crippen LogP contribution in [0.15, 0.2) is 42.5 Å². The summed E-state index contributed by atoms with van der Waals surface area (Å²) in [5.74, 6) is -2.95. The largest absolute Gasteiger partial charge is 0.479 e. The highest BCUT2D eigenvalue weighted by Crippen LogP contribution is 2.51. The summed E-state index contributed by atoms with van der Waals surface area (Å²) in [5, 5.41) is 35.4. The fourth-order valence-corrected chi connectivity index (χ4v) is 5.08. The van der Waals surface area contributed by atoms with E-state index in [4.69, 9.17) is 25.2 Å². The number of benzene rings is 2. The minimum atomic E-state index is -2.27. The quantitative estimate of drug-likeness (QED) is 0.385. The zero-order chi connectivity index (χ0) is 27.5. The van der Waals surface area contributed by atoms with Gasteiger partial charge in [0.2, 0.25) is 0 Å². The van der Waals surface area contributed by atoms with Crippen LogP contribution in [0.5, 0.6) is 5.75 Å².